The van der Waals surface area contributed by atoms with E-state index in [-0.39, 0.29) is 17.6 Å². The zero-order valence-electron chi connectivity index (χ0n) is 13.1. The van der Waals surface area contributed by atoms with Crippen LogP contribution in [0.15, 0.2) is 36.5 Å². The average Bonchev–Trinajstić information content (AvgIpc) is 2.61. The van der Waals surface area contributed by atoms with Crippen LogP contribution in [-0.4, -0.2) is 28.8 Å². The zero-order chi connectivity index (χ0) is 18.0. The third-order valence-electron chi connectivity index (χ3n) is 4.21. The van der Waals surface area contributed by atoms with Gasteiger partial charge in [-0.2, -0.15) is 13.2 Å². The molecule has 0 spiro atoms. The number of ketones is 1. The molecule has 4 nitrogen and oxygen atoms in total. The maximum Gasteiger partial charge on any atom is 0.433 e. The van der Waals surface area contributed by atoms with Crippen molar-refractivity contribution in [3.05, 3.63) is 53.6 Å². The standard InChI is InChI=1S/C17H15F4N3O/c18-13-3-1-11(2-4-13)15(25)12-6-9-24(10-7-12)16-22-8-5-14(23-16)17(19,20)21/h1-5,8,12H,6-7,9-10H2. The Morgan fingerprint density at radius 3 is 2.32 bits per heavy atom. The van der Waals surface area contributed by atoms with Crippen molar-refractivity contribution in [1.29, 1.82) is 0 Å². The lowest BCUT2D eigenvalue weighted by Crippen LogP contribution is -2.37. The van der Waals surface area contributed by atoms with Gasteiger partial charge in [0.1, 0.15) is 11.5 Å². The summed E-state index contributed by atoms with van der Waals surface area (Å²) in [6, 6.07) is 6.19. The van der Waals surface area contributed by atoms with E-state index in [9.17, 15) is 22.4 Å². The lowest BCUT2D eigenvalue weighted by molar-refractivity contribution is -0.141. The first-order chi connectivity index (χ1) is 11.8. The Morgan fingerprint density at radius 2 is 1.72 bits per heavy atom. The van der Waals surface area contributed by atoms with Crippen molar-refractivity contribution in [2.45, 2.75) is 19.0 Å². The fourth-order valence-electron chi connectivity index (χ4n) is 2.85. The van der Waals surface area contributed by atoms with Crippen LogP contribution in [0.1, 0.15) is 28.9 Å². The Kier molecular flexibility index (Phi) is 4.69. The lowest BCUT2D eigenvalue weighted by atomic mass is 9.89. The highest BCUT2D eigenvalue weighted by Gasteiger charge is 2.34. The molecule has 1 aromatic carbocycles. The molecule has 1 aliphatic rings. The maximum atomic E-state index is 12.9. The molecule has 0 radical (unpaired) electrons. The first-order valence-corrected chi connectivity index (χ1v) is 7.79. The average molecular weight is 353 g/mol. The predicted molar refractivity (Wildman–Crippen MR) is 82.7 cm³/mol. The second-order valence-electron chi connectivity index (χ2n) is 5.87. The van der Waals surface area contributed by atoms with Crippen molar-refractivity contribution in [2.75, 3.05) is 18.0 Å². The van der Waals surface area contributed by atoms with Crippen molar-refractivity contribution >= 4 is 11.7 Å². The molecule has 132 valence electrons. The quantitative estimate of drug-likeness (QED) is 0.623. The van der Waals surface area contributed by atoms with E-state index >= 15 is 0 Å². The van der Waals surface area contributed by atoms with Gasteiger partial charge in [-0.05, 0) is 43.2 Å². The van der Waals surface area contributed by atoms with Gasteiger partial charge in [0.05, 0.1) is 0 Å². The number of halogens is 4. The molecule has 1 aromatic heterocycles. The highest BCUT2D eigenvalue weighted by Crippen LogP contribution is 2.29. The number of aromatic nitrogens is 2. The van der Waals surface area contributed by atoms with Crippen LogP contribution in [0.25, 0.3) is 0 Å². The summed E-state index contributed by atoms with van der Waals surface area (Å²) in [7, 11) is 0. The van der Waals surface area contributed by atoms with E-state index in [0.29, 0.717) is 31.5 Å². The van der Waals surface area contributed by atoms with Gasteiger partial charge in [-0.25, -0.2) is 14.4 Å². The SMILES string of the molecule is O=C(c1ccc(F)cc1)C1CCN(c2nccc(C(F)(F)F)n2)CC1. The molecule has 1 aliphatic heterocycles. The molecular weight excluding hydrogens is 338 g/mol. The van der Waals surface area contributed by atoms with E-state index in [2.05, 4.69) is 9.97 Å². The van der Waals surface area contributed by atoms with Crippen LogP contribution in [-0.2, 0) is 6.18 Å². The van der Waals surface area contributed by atoms with Gasteiger partial charge in [0.15, 0.2) is 5.78 Å². The highest BCUT2D eigenvalue weighted by molar-refractivity contribution is 5.97. The molecule has 3 rings (SSSR count). The van der Waals surface area contributed by atoms with E-state index in [0.717, 1.165) is 12.3 Å². The van der Waals surface area contributed by atoms with Crippen LogP contribution >= 0.6 is 0 Å². The van der Waals surface area contributed by atoms with Gasteiger partial charge < -0.3 is 4.90 Å². The zero-order valence-corrected chi connectivity index (χ0v) is 13.1. The van der Waals surface area contributed by atoms with Gasteiger partial charge in [0, 0.05) is 30.8 Å². The molecule has 1 fully saturated rings. The first-order valence-electron chi connectivity index (χ1n) is 7.79. The first kappa shape index (κ1) is 17.3. The molecule has 25 heavy (non-hydrogen) atoms. The van der Waals surface area contributed by atoms with Gasteiger partial charge >= 0.3 is 6.18 Å². The molecule has 1 saturated heterocycles. The summed E-state index contributed by atoms with van der Waals surface area (Å²) >= 11 is 0. The number of alkyl halides is 3. The molecular formula is C17H15F4N3O. The number of anilines is 1. The Morgan fingerprint density at radius 1 is 1.08 bits per heavy atom. The number of rotatable bonds is 3. The number of benzene rings is 1. The van der Waals surface area contributed by atoms with Gasteiger partial charge in [-0.3, -0.25) is 4.79 Å². The maximum absolute atomic E-state index is 12.9. The summed E-state index contributed by atoms with van der Waals surface area (Å²) in [5.41, 5.74) is -0.544. The molecule has 2 heterocycles. The smallest absolute Gasteiger partial charge is 0.341 e. The van der Waals surface area contributed by atoms with Gasteiger partial charge in [0.25, 0.3) is 0 Å². The number of carbonyl (C=O) groups excluding carboxylic acids is 1. The third-order valence-corrected chi connectivity index (χ3v) is 4.21. The van der Waals surface area contributed by atoms with E-state index in [4.69, 9.17) is 0 Å². The summed E-state index contributed by atoms with van der Waals surface area (Å²) in [5, 5.41) is 0. The van der Waals surface area contributed by atoms with Crippen LogP contribution < -0.4 is 4.90 Å². The molecule has 0 unspecified atom stereocenters. The molecule has 8 heteroatoms. The summed E-state index contributed by atoms with van der Waals surface area (Å²) in [5.74, 6) is -0.715. The number of nitrogens with zero attached hydrogens (tertiary/aromatic N) is 3. The minimum absolute atomic E-state index is 0.0162. The summed E-state index contributed by atoms with van der Waals surface area (Å²) in [6.45, 7) is 0.776. The highest BCUT2D eigenvalue weighted by atomic mass is 19.4. The van der Waals surface area contributed by atoms with Crippen molar-refractivity contribution in [3.8, 4) is 0 Å². The van der Waals surface area contributed by atoms with Crippen LogP contribution in [0.5, 0.6) is 0 Å². The number of piperidine rings is 1. The lowest BCUT2D eigenvalue weighted by Gasteiger charge is -2.31. The molecule has 0 saturated carbocycles. The van der Waals surface area contributed by atoms with Crippen LogP contribution in [0.4, 0.5) is 23.5 Å². The van der Waals surface area contributed by atoms with Crippen LogP contribution in [0.3, 0.4) is 0 Å². The minimum Gasteiger partial charge on any atom is -0.341 e. The van der Waals surface area contributed by atoms with Crippen LogP contribution in [0.2, 0.25) is 0 Å². The fraction of sp³-hybridized carbons (Fsp3) is 0.353. The van der Waals surface area contributed by atoms with E-state index in [1.54, 1.807) is 4.90 Å². The minimum atomic E-state index is -4.52. The van der Waals surface area contributed by atoms with Gasteiger partial charge in [-0.1, -0.05) is 0 Å². The van der Waals surface area contributed by atoms with E-state index in [1.807, 2.05) is 0 Å². The Labute approximate surface area is 141 Å². The number of hydrogen-bond donors (Lipinski definition) is 0. The molecule has 2 aromatic rings. The fourth-order valence-corrected chi connectivity index (χ4v) is 2.85. The Bertz CT molecular complexity index is 753. The normalized spacial score (nSPS) is 16.1. The number of Topliss-reactive ketones (excluding diaryl/α,β-unsaturated/α-hetero) is 1. The topological polar surface area (TPSA) is 46.1 Å². The predicted octanol–water partition coefficient (Wildman–Crippen LogP) is 3.73. The number of carbonyl (C=O) groups is 1. The van der Waals surface area contributed by atoms with Crippen molar-refractivity contribution in [2.24, 2.45) is 5.92 Å². The third kappa shape index (κ3) is 3.94. The summed E-state index contributed by atoms with van der Waals surface area (Å²) in [6.07, 6.45) is -2.47. The van der Waals surface area contributed by atoms with Crippen molar-refractivity contribution < 1.29 is 22.4 Å². The Balaban J connectivity index is 1.66. The molecule has 0 amide bonds. The largest absolute Gasteiger partial charge is 0.433 e. The molecule has 0 bridgehead atoms. The monoisotopic (exact) mass is 353 g/mol. The molecule has 0 aliphatic carbocycles. The summed E-state index contributed by atoms with van der Waals surface area (Å²) < 4.78 is 51.2. The Hall–Kier alpha value is -2.51. The second kappa shape index (κ2) is 6.78. The van der Waals surface area contributed by atoms with Gasteiger partial charge in [-0.15, -0.1) is 0 Å². The van der Waals surface area contributed by atoms with E-state index in [1.165, 1.54) is 24.3 Å². The van der Waals surface area contributed by atoms with Crippen molar-refractivity contribution in [1.82, 2.24) is 9.97 Å². The van der Waals surface area contributed by atoms with Crippen LogP contribution in [0, 0.1) is 11.7 Å². The molecule has 0 atom stereocenters. The van der Waals surface area contributed by atoms with Gasteiger partial charge in [0.2, 0.25) is 5.95 Å². The van der Waals surface area contributed by atoms with E-state index < -0.39 is 17.7 Å². The van der Waals surface area contributed by atoms with Crippen molar-refractivity contribution in [3.63, 3.8) is 0 Å². The second-order valence-corrected chi connectivity index (χ2v) is 5.87. The number of hydrogen-bond acceptors (Lipinski definition) is 4. The molecule has 0 N–H and O–H groups in total. The summed E-state index contributed by atoms with van der Waals surface area (Å²) in [4.78, 5) is 21.5.